The van der Waals surface area contributed by atoms with Gasteiger partial charge in [0.25, 0.3) is 0 Å². The predicted molar refractivity (Wildman–Crippen MR) is 82.7 cm³/mol. The molecule has 1 atom stereocenters. The molecule has 1 aromatic carbocycles. The van der Waals surface area contributed by atoms with Crippen molar-refractivity contribution in [3.05, 3.63) is 28.2 Å². The first kappa shape index (κ1) is 16.6. The van der Waals surface area contributed by atoms with Gasteiger partial charge < -0.3 is 10.2 Å². The molecule has 0 aromatic heterocycles. The van der Waals surface area contributed by atoms with Gasteiger partial charge in [0, 0.05) is 22.7 Å². The zero-order valence-electron chi connectivity index (χ0n) is 12.0. The van der Waals surface area contributed by atoms with Crippen LogP contribution in [0.1, 0.15) is 31.2 Å². The van der Waals surface area contributed by atoms with E-state index in [1.54, 1.807) is 12.1 Å². The van der Waals surface area contributed by atoms with Crippen LogP contribution in [-0.2, 0) is 6.18 Å². The van der Waals surface area contributed by atoms with Crippen LogP contribution in [0, 0.1) is 0 Å². The zero-order valence-corrected chi connectivity index (χ0v) is 13.6. The van der Waals surface area contributed by atoms with Crippen LogP contribution < -0.4 is 10.2 Å². The predicted octanol–water partition coefficient (Wildman–Crippen LogP) is 4.44. The van der Waals surface area contributed by atoms with Crippen LogP contribution in [0.4, 0.5) is 18.9 Å². The van der Waals surface area contributed by atoms with E-state index in [1.165, 1.54) is 6.07 Å². The minimum atomic E-state index is -4.33. The number of hydrogen-bond acceptors (Lipinski definition) is 2. The molecule has 1 saturated heterocycles. The van der Waals surface area contributed by atoms with E-state index in [9.17, 15) is 13.2 Å². The second kappa shape index (κ2) is 7.01. The molecule has 0 amide bonds. The van der Waals surface area contributed by atoms with Crippen molar-refractivity contribution in [1.29, 1.82) is 0 Å². The Morgan fingerprint density at radius 3 is 2.76 bits per heavy atom. The van der Waals surface area contributed by atoms with Crippen molar-refractivity contribution < 1.29 is 13.2 Å². The molecular formula is C15H20BrF3N2. The molecule has 2 nitrogen and oxygen atoms in total. The standard InChI is InChI=1S/C15H20BrF3N2/c1-20-8-7-12-4-2-3-9-21(12)14-6-5-11(16)10-13(14)15(17,18)19/h5-6,10,12,20H,2-4,7-9H2,1H3. The molecule has 1 aliphatic heterocycles. The third kappa shape index (κ3) is 4.13. The van der Waals surface area contributed by atoms with Gasteiger partial charge in [0.2, 0.25) is 0 Å². The quantitative estimate of drug-likeness (QED) is 0.849. The van der Waals surface area contributed by atoms with E-state index < -0.39 is 11.7 Å². The van der Waals surface area contributed by atoms with Crippen molar-refractivity contribution in [3.8, 4) is 0 Å². The summed E-state index contributed by atoms with van der Waals surface area (Å²) in [5, 5.41) is 3.08. The fourth-order valence-electron chi connectivity index (χ4n) is 2.91. The highest BCUT2D eigenvalue weighted by atomic mass is 79.9. The van der Waals surface area contributed by atoms with Gasteiger partial charge >= 0.3 is 6.18 Å². The summed E-state index contributed by atoms with van der Waals surface area (Å²) in [6, 6.07) is 4.63. The zero-order chi connectivity index (χ0) is 15.5. The summed E-state index contributed by atoms with van der Waals surface area (Å²) in [6.45, 7) is 1.51. The van der Waals surface area contributed by atoms with Crippen molar-refractivity contribution in [3.63, 3.8) is 0 Å². The van der Waals surface area contributed by atoms with E-state index in [0.717, 1.165) is 32.2 Å². The van der Waals surface area contributed by atoms with Gasteiger partial charge in [-0.1, -0.05) is 15.9 Å². The molecule has 1 N–H and O–H groups in total. The first-order valence-electron chi connectivity index (χ1n) is 7.21. The van der Waals surface area contributed by atoms with Gasteiger partial charge in [-0.05, 0) is 57.5 Å². The number of anilines is 1. The fraction of sp³-hybridized carbons (Fsp3) is 0.600. The van der Waals surface area contributed by atoms with Crippen LogP contribution in [0.15, 0.2) is 22.7 Å². The molecule has 1 heterocycles. The fourth-order valence-corrected chi connectivity index (χ4v) is 3.28. The third-order valence-corrected chi connectivity index (χ3v) is 4.42. The Labute approximate surface area is 131 Å². The van der Waals surface area contributed by atoms with Gasteiger partial charge in [0.1, 0.15) is 0 Å². The Kier molecular flexibility index (Phi) is 5.54. The lowest BCUT2D eigenvalue weighted by Gasteiger charge is -2.39. The van der Waals surface area contributed by atoms with Gasteiger partial charge in [-0.2, -0.15) is 13.2 Å². The number of rotatable bonds is 4. The van der Waals surface area contributed by atoms with Gasteiger partial charge in [0.15, 0.2) is 0 Å². The lowest BCUT2D eigenvalue weighted by molar-refractivity contribution is -0.137. The topological polar surface area (TPSA) is 15.3 Å². The van der Waals surface area contributed by atoms with E-state index in [4.69, 9.17) is 0 Å². The summed E-state index contributed by atoms with van der Waals surface area (Å²) in [4.78, 5) is 1.94. The van der Waals surface area contributed by atoms with E-state index in [-0.39, 0.29) is 6.04 Å². The molecule has 0 bridgehead atoms. The van der Waals surface area contributed by atoms with Crippen molar-refractivity contribution in [2.75, 3.05) is 25.0 Å². The van der Waals surface area contributed by atoms with Crippen LogP contribution in [0.5, 0.6) is 0 Å². The summed E-state index contributed by atoms with van der Waals surface area (Å²) < 4.78 is 40.4. The number of hydrogen-bond donors (Lipinski definition) is 1. The molecule has 0 radical (unpaired) electrons. The average Bonchev–Trinajstić information content (AvgIpc) is 2.44. The van der Waals surface area contributed by atoms with Gasteiger partial charge in [-0.3, -0.25) is 0 Å². The molecule has 2 rings (SSSR count). The Hall–Kier alpha value is -0.750. The molecule has 0 saturated carbocycles. The molecule has 6 heteroatoms. The first-order valence-corrected chi connectivity index (χ1v) is 8.01. The number of nitrogens with one attached hydrogen (secondary N) is 1. The Morgan fingerprint density at radius 1 is 1.33 bits per heavy atom. The third-order valence-electron chi connectivity index (χ3n) is 3.93. The molecule has 118 valence electrons. The Bertz CT molecular complexity index is 476. The number of halogens is 4. The van der Waals surface area contributed by atoms with Gasteiger partial charge in [-0.25, -0.2) is 0 Å². The molecule has 1 aliphatic rings. The van der Waals surface area contributed by atoms with E-state index in [1.807, 2.05) is 11.9 Å². The average molecular weight is 365 g/mol. The highest BCUT2D eigenvalue weighted by Crippen LogP contribution is 2.40. The van der Waals surface area contributed by atoms with Crippen LogP contribution in [0.25, 0.3) is 0 Å². The lowest BCUT2D eigenvalue weighted by atomic mass is 9.97. The maximum atomic E-state index is 13.3. The second-order valence-corrected chi connectivity index (χ2v) is 6.31. The monoisotopic (exact) mass is 364 g/mol. The molecule has 0 aliphatic carbocycles. The molecule has 1 fully saturated rings. The summed E-state index contributed by atoms with van der Waals surface area (Å²) in [6.07, 6.45) is -0.477. The highest BCUT2D eigenvalue weighted by molar-refractivity contribution is 9.10. The molecular weight excluding hydrogens is 345 g/mol. The van der Waals surface area contributed by atoms with Crippen molar-refractivity contribution in [2.45, 2.75) is 37.9 Å². The molecule has 0 spiro atoms. The summed E-state index contributed by atoms with van der Waals surface area (Å²) >= 11 is 3.14. The smallest absolute Gasteiger partial charge is 0.368 e. The van der Waals surface area contributed by atoms with Crippen LogP contribution >= 0.6 is 15.9 Å². The van der Waals surface area contributed by atoms with Crippen LogP contribution in [0.3, 0.4) is 0 Å². The van der Waals surface area contributed by atoms with Gasteiger partial charge in [0.05, 0.1) is 5.56 Å². The highest BCUT2D eigenvalue weighted by Gasteiger charge is 2.36. The van der Waals surface area contributed by atoms with Crippen LogP contribution in [0.2, 0.25) is 0 Å². The van der Waals surface area contributed by atoms with Gasteiger partial charge in [-0.15, -0.1) is 0 Å². The SMILES string of the molecule is CNCCC1CCCCN1c1ccc(Br)cc1C(F)(F)F. The number of nitrogens with zero attached hydrogens (tertiary/aromatic N) is 1. The van der Waals surface area contributed by atoms with E-state index in [0.29, 0.717) is 16.7 Å². The minimum absolute atomic E-state index is 0.175. The maximum Gasteiger partial charge on any atom is 0.418 e. The molecule has 1 unspecified atom stereocenters. The number of alkyl halides is 3. The van der Waals surface area contributed by atoms with Crippen molar-refractivity contribution in [1.82, 2.24) is 5.32 Å². The Morgan fingerprint density at radius 2 is 2.10 bits per heavy atom. The summed E-state index contributed by atoms with van der Waals surface area (Å²) in [5.41, 5.74) is -0.236. The van der Waals surface area contributed by atoms with Crippen molar-refractivity contribution >= 4 is 21.6 Å². The lowest BCUT2D eigenvalue weighted by Crippen LogP contribution is -2.42. The summed E-state index contributed by atoms with van der Waals surface area (Å²) in [5.74, 6) is 0. The first-order chi connectivity index (χ1) is 9.93. The maximum absolute atomic E-state index is 13.3. The molecule has 21 heavy (non-hydrogen) atoms. The minimum Gasteiger partial charge on any atom is -0.368 e. The summed E-state index contributed by atoms with van der Waals surface area (Å²) in [7, 11) is 1.87. The largest absolute Gasteiger partial charge is 0.418 e. The normalized spacial score (nSPS) is 19.9. The van der Waals surface area contributed by atoms with E-state index >= 15 is 0 Å². The molecule has 1 aromatic rings. The number of piperidine rings is 1. The van der Waals surface area contributed by atoms with Crippen molar-refractivity contribution in [2.24, 2.45) is 0 Å². The number of benzene rings is 1. The second-order valence-electron chi connectivity index (χ2n) is 5.39. The van der Waals surface area contributed by atoms with Crippen LogP contribution in [-0.4, -0.2) is 26.2 Å². The van der Waals surface area contributed by atoms with E-state index in [2.05, 4.69) is 21.2 Å². The Balaban J connectivity index is 2.34.